The van der Waals surface area contributed by atoms with E-state index in [-0.39, 0.29) is 58.3 Å². The Labute approximate surface area is 381 Å². The first-order valence-electron chi connectivity index (χ1n) is 21.8. The minimum atomic E-state index is -0.787. The zero-order valence-electron chi connectivity index (χ0n) is 37.5. The molecule has 2 aliphatic rings. The fourth-order valence-corrected chi connectivity index (χ4v) is 8.84. The number of anilines is 2. The van der Waals surface area contributed by atoms with Crippen molar-refractivity contribution in [1.82, 2.24) is 39.7 Å². The van der Waals surface area contributed by atoms with Gasteiger partial charge in [0.05, 0.1) is 24.6 Å². The zero-order chi connectivity index (χ0) is 46.8. The molecule has 2 fully saturated rings. The second-order valence-electron chi connectivity index (χ2n) is 16.6. The van der Waals surface area contributed by atoms with Crippen LogP contribution in [-0.2, 0) is 4.74 Å². The molecule has 19 nitrogen and oxygen atoms in total. The first-order valence-corrected chi connectivity index (χ1v) is 21.8. The molecule has 0 aliphatic carbocycles. The van der Waals surface area contributed by atoms with Crippen molar-refractivity contribution in [1.29, 1.82) is 0 Å². The van der Waals surface area contributed by atoms with Crippen LogP contribution >= 0.6 is 0 Å². The highest BCUT2D eigenvalue weighted by atomic mass is 16.5. The molecule has 19 heteroatoms. The van der Waals surface area contributed by atoms with Crippen LogP contribution in [0.25, 0.3) is 34.0 Å². The molecule has 0 spiro atoms. The lowest BCUT2D eigenvalue weighted by atomic mass is 9.96. The van der Waals surface area contributed by atoms with Gasteiger partial charge in [0, 0.05) is 80.3 Å². The number of aromatic hydroxyl groups is 2. The number of benzene rings is 3. The molecule has 5 heterocycles. The lowest BCUT2D eigenvalue weighted by Crippen LogP contribution is -2.47. The molecule has 8 rings (SSSR count). The second kappa shape index (κ2) is 19.1. The fraction of sp³-hybridized carbons (Fsp3) is 0.340. The van der Waals surface area contributed by atoms with Gasteiger partial charge in [0.1, 0.15) is 76.1 Å². The number of aromatic nitrogens is 5. The lowest BCUT2D eigenvalue weighted by Gasteiger charge is -2.34. The minimum absolute atomic E-state index is 0.00950. The first kappa shape index (κ1) is 45.4. The molecule has 6 aromatic rings. The van der Waals surface area contributed by atoms with Gasteiger partial charge in [-0.15, -0.1) is 0 Å². The third kappa shape index (κ3) is 8.92. The van der Waals surface area contributed by atoms with Gasteiger partial charge in [0.15, 0.2) is 0 Å². The van der Waals surface area contributed by atoms with Gasteiger partial charge in [0.2, 0.25) is 0 Å². The third-order valence-electron chi connectivity index (χ3n) is 12.3. The third-order valence-corrected chi connectivity index (χ3v) is 12.3. The van der Waals surface area contributed by atoms with Crippen LogP contribution in [0.5, 0.6) is 23.0 Å². The lowest BCUT2D eigenvalue weighted by molar-refractivity contribution is 0.0322. The zero-order valence-corrected chi connectivity index (χ0v) is 37.5. The summed E-state index contributed by atoms with van der Waals surface area (Å²) in [6.45, 7) is 14.3. The Hall–Kier alpha value is -7.19. The Morgan fingerprint density at radius 3 is 2.17 bits per heavy atom. The van der Waals surface area contributed by atoms with Crippen LogP contribution in [0.3, 0.4) is 0 Å². The summed E-state index contributed by atoms with van der Waals surface area (Å²) in [5, 5.41) is 35.3. The van der Waals surface area contributed by atoms with E-state index in [9.17, 15) is 19.8 Å². The Balaban J connectivity index is 0.983. The first-order chi connectivity index (χ1) is 31.7. The number of carbonyl (C=O) groups is 2. The Morgan fingerprint density at radius 1 is 0.773 bits per heavy atom. The number of amides is 2. The summed E-state index contributed by atoms with van der Waals surface area (Å²) in [7, 11) is 0. The molecule has 346 valence electrons. The maximum atomic E-state index is 12.9. The molecule has 2 amide bonds. The van der Waals surface area contributed by atoms with Crippen LogP contribution in [0.2, 0.25) is 0 Å². The molecule has 1 atom stereocenters. The van der Waals surface area contributed by atoms with E-state index in [1.165, 1.54) is 9.36 Å². The number of nitrogens with zero attached hydrogens (tertiary/aromatic N) is 7. The number of nitrogens with one attached hydrogen (secondary N) is 1. The van der Waals surface area contributed by atoms with E-state index in [1.807, 2.05) is 44.2 Å². The van der Waals surface area contributed by atoms with Crippen LogP contribution in [0.15, 0.2) is 60.8 Å². The Bertz CT molecular complexity index is 2800. The molecule has 11 N–H and O–H groups in total. The van der Waals surface area contributed by atoms with Crippen molar-refractivity contribution in [2.75, 3.05) is 83.7 Å². The molecule has 66 heavy (non-hydrogen) atoms. The van der Waals surface area contributed by atoms with Crippen molar-refractivity contribution in [2.45, 2.75) is 33.7 Å². The SMILES string of the molecule is Cc1ccc(O)c(C)c1-n1nc(-c2ncccc2OCCN2CCNC(c3cc(C)c(-n4nc(-c5cccc(OCCN6CCOCC6)c5)c(C(N)=O)c4N)c(C)c3O)C2)c(C(N)=O)c1N. The maximum Gasteiger partial charge on any atom is 0.254 e. The number of nitrogen functional groups attached to an aromatic ring is 2. The normalized spacial score (nSPS) is 15.8. The van der Waals surface area contributed by atoms with Gasteiger partial charge >= 0.3 is 0 Å². The van der Waals surface area contributed by atoms with Crippen molar-refractivity contribution in [2.24, 2.45) is 11.5 Å². The summed E-state index contributed by atoms with van der Waals surface area (Å²) in [5.74, 6) is -0.343. The quantitative estimate of drug-likeness (QED) is 0.0777. The number of primary amides is 2. The number of ether oxygens (including phenoxy) is 3. The highest BCUT2D eigenvalue weighted by Crippen LogP contribution is 2.40. The number of morpholine rings is 1. The molecule has 0 saturated carbocycles. The summed E-state index contributed by atoms with van der Waals surface area (Å²) in [4.78, 5) is 34.8. The molecule has 3 aromatic heterocycles. The van der Waals surface area contributed by atoms with Crippen LogP contribution in [0, 0.1) is 27.7 Å². The van der Waals surface area contributed by atoms with Gasteiger partial charge in [-0.2, -0.15) is 10.2 Å². The van der Waals surface area contributed by atoms with E-state index in [1.54, 1.807) is 44.3 Å². The van der Waals surface area contributed by atoms with Gasteiger partial charge in [-0.05, 0) is 75.2 Å². The largest absolute Gasteiger partial charge is 0.508 e. The van der Waals surface area contributed by atoms with Crippen LogP contribution in [0.1, 0.15) is 54.6 Å². The van der Waals surface area contributed by atoms with Gasteiger partial charge in [0.25, 0.3) is 11.8 Å². The van der Waals surface area contributed by atoms with Gasteiger partial charge in [-0.1, -0.05) is 18.2 Å². The van der Waals surface area contributed by atoms with Crippen molar-refractivity contribution in [3.05, 3.63) is 99.7 Å². The maximum absolute atomic E-state index is 12.9. The van der Waals surface area contributed by atoms with E-state index in [2.05, 4.69) is 20.1 Å². The van der Waals surface area contributed by atoms with Crippen LogP contribution < -0.4 is 37.7 Å². The number of piperazine rings is 1. The average Bonchev–Trinajstić information content (AvgIpc) is 3.83. The fourth-order valence-electron chi connectivity index (χ4n) is 8.84. The number of hydrogen-bond acceptors (Lipinski definition) is 15. The number of rotatable bonds is 15. The van der Waals surface area contributed by atoms with E-state index in [0.29, 0.717) is 96.8 Å². The predicted molar refractivity (Wildman–Crippen MR) is 249 cm³/mol. The number of phenolic OH excluding ortho intramolecular Hbond substituents is 2. The van der Waals surface area contributed by atoms with E-state index in [0.717, 1.165) is 30.8 Å². The summed E-state index contributed by atoms with van der Waals surface area (Å²) in [5.41, 5.74) is 30.7. The van der Waals surface area contributed by atoms with Gasteiger partial charge < -0.3 is 52.7 Å². The highest BCUT2D eigenvalue weighted by molar-refractivity contribution is 6.04. The molecule has 1 unspecified atom stereocenters. The second-order valence-corrected chi connectivity index (χ2v) is 16.6. The average molecular weight is 901 g/mol. The van der Waals surface area contributed by atoms with Crippen molar-refractivity contribution in [3.63, 3.8) is 0 Å². The number of carbonyl (C=O) groups excluding carboxylic acids is 2. The van der Waals surface area contributed by atoms with Crippen LogP contribution in [0.4, 0.5) is 11.6 Å². The number of phenols is 2. The standard InChI is InChI=1S/C47H56N12O7/c1-26-10-11-34(60)28(3)41(26)58-45(49)37(47(51)63)40(55-58)39-35(9-6-12-53-39)66-22-18-57-14-13-52-33(25-57)32-23-27(2)42(29(4)43(32)61)59-44(48)36(46(50)62)38(54-59)30-7-5-8-31(24-30)65-21-17-56-15-19-64-20-16-56/h5-12,23-24,33,52,60-61H,13-22,25,48-49H2,1-4H3,(H2,50,62)(H2,51,63). The smallest absolute Gasteiger partial charge is 0.254 e. The molecule has 2 aliphatic heterocycles. The van der Waals surface area contributed by atoms with Crippen LogP contribution in [-0.4, -0.2) is 129 Å². The monoisotopic (exact) mass is 900 g/mol. The summed E-state index contributed by atoms with van der Waals surface area (Å²) < 4.78 is 20.7. The van der Waals surface area contributed by atoms with E-state index >= 15 is 0 Å². The van der Waals surface area contributed by atoms with Gasteiger partial charge in [-0.25, -0.2) is 9.36 Å². The highest BCUT2D eigenvalue weighted by Gasteiger charge is 2.30. The molecule has 0 radical (unpaired) electrons. The number of nitrogens with two attached hydrogens (primary N) is 4. The molecule has 3 aromatic carbocycles. The van der Waals surface area contributed by atoms with Crippen molar-refractivity contribution in [3.8, 4) is 57.0 Å². The number of pyridine rings is 1. The topological polar surface area (TPSA) is 273 Å². The summed E-state index contributed by atoms with van der Waals surface area (Å²) in [6.07, 6.45) is 1.57. The Kier molecular flexibility index (Phi) is 13.1. The van der Waals surface area contributed by atoms with Crippen molar-refractivity contribution >= 4 is 23.5 Å². The molecular formula is C47H56N12O7. The predicted octanol–water partition coefficient (Wildman–Crippen LogP) is 3.53. The van der Waals surface area contributed by atoms with E-state index < -0.39 is 11.8 Å². The molecule has 2 saturated heterocycles. The summed E-state index contributed by atoms with van der Waals surface area (Å²) in [6, 6.07) is 15.7. The van der Waals surface area contributed by atoms with Crippen molar-refractivity contribution < 1.29 is 34.0 Å². The van der Waals surface area contributed by atoms with Gasteiger partial charge in [-0.3, -0.25) is 24.4 Å². The summed E-state index contributed by atoms with van der Waals surface area (Å²) >= 11 is 0. The minimum Gasteiger partial charge on any atom is -0.508 e. The van der Waals surface area contributed by atoms with E-state index in [4.69, 9.17) is 47.3 Å². The molecule has 0 bridgehead atoms. The molecular weight excluding hydrogens is 845 g/mol. The Morgan fingerprint density at radius 2 is 1.44 bits per heavy atom. The number of aryl methyl sites for hydroxylation is 2. The number of hydrogen-bond donors (Lipinski definition) is 7.